The number of hydrogen-bond donors (Lipinski definition) is 1. The first-order valence-electron chi connectivity index (χ1n) is 8.88. The number of barbiturate groups is 1. The summed E-state index contributed by atoms with van der Waals surface area (Å²) in [5.41, 5.74) is 1.72. The van der Waals surface area contributed by atoms with E-state index in [9.17, 15) is 14.4 Å². The fraction of sp³-hybridized carbons (Fsp3) is 0.190. The minimum atomic E-state index is -0.757. The van der Waals surface area contributed by atoms with Crippen molar-refractivity contribution >= 4 is 45.5 Å². The summed E-state index contributed by atoms with van der Waals surface area (Å²) in [7, 11) is 0. The number of ether oxygens (including phenoxy) is 1. The lowest BCUT2D eigenvalue weighted by Gasteiger charge is -2.28. The largest absolute Gasteiger partial charge is 0.493 e. The highest BCUT2D eigenvalue weighted by Crippen LogP contribution is 2.29. The number of para-hydroxylation sites is 1. The van der Waals surface area contributed by atoms with Crippen LogP contribution in [0.4, 0.5) is 10.5 Å². The zero-order chi connectivity index (χ0) is 20.3. The van der Waals surface area contributed by atoms with Crippen molar-refractivity contribution in [3.63, 3.8) is 0 Å². The van der Waals surface area contributed by atoms with Crippen LogP contribution in [0.2, 0.25) is 0 Å². The molecule has 144 valence electrons. The molecule has 0 unspecified atom stereocenters. The second-order valence-corrected chi connectivity index (χ2v) is 6.97. The van der Waals surface area contributed by atoms with E-state index in [0.29, 0.717) is 30.0 Å². The molecule has 3 rings (SSSR count). The first-order chi connectivity index (χ1) is 13.5. The molecule has 1 saturated heterocycles. The molecule has 0 aliphatic carbocycles. The second-order valence-electron chi connectivity index (χ2n) is 6.06. The molecule has 2 aromatic carbocycles. The third kappa shape index (κ3) is 3.84. The number of anilines is 1. The molecule has 28 heavy (non-hydrogen) atoms. The summed E-state index contributed by atoms with van der Waals surface area (Å²) in [6.45, 7) is 4.22. The lowest BCUT2D eigenvalue weighted by Crippen LogP contribution is -2.54. The number of nitrogens with one attached hydrogen (secondary N) is 1. The van der Waals surface area contributed by atoms with Crippen LogP contribution >= 0.6 is 15.9 Å². The van der Waals surface area contributed by atoms with E-state index in [2.05, 4.69) is 21.2 Å². The number of carbonyl (C=O) groups is 3. The number of carbonyl (C=O) groups excluding carboxylic acids is 3. The van der Waals surface area contributed by atoms with Crippen molar-refractivity contribution in [2.45, 2.75) is 20.3 Å². The van der Waals surface area contributed by atoms with Gasteiger partial charge in [-0.3, -0.25) is 14.9 Å². The van der Waals surface area contributed by atoms with Crippen LogP contribution in [0.5, 0.6) is 5.75 Å². The molecule has 4 amide bonds. The van der Waals surface area contributed by atoms with Gasteiger partial charge in [0, 0.05) is 10.0 Å². The van der Waals surface area contributed by atoms with Gasteiger partial charge in [-0.25, -0.2) is 9.69 Å². The number of halogens is 1. The summed E-state index contributed by atoms with van der Waals surface area (Å²) in [4.78, 5) is 38.9. The summed E-state index contributed by atoms with van der Waals surface area (Å²) < 4.78 is 6.36. The van der Waals surface area contributed by atoms with Gasteiger partial charge in [-0.05, 0) is 49.2 Å². The number of amides is 4. The Balaban J connectivity index is 2.08. The minimum absolute atomic E-state index is 0.135. The number of urea groups is 1. The van der Waals surface area contributed by atoms with Crippen molar-refractivity contribution in [2.75, 3.05) is 11.5 Å². The molecule has 0 spiro atoms. The lowest BCUT2D eigenvalue weighted by molar-refractivity contribution is -0.122. The fourth-order valence-electron chi connectivity index (χ4n) is 2.98. The smallest absolute Gasteiger partial charge is 0.335 e. The minimum Gasteiger partial charge on any atom is -0.493 e. The molecule has 1 heterocycles. The zero-order valence-corrected chi connectivity index (χ0v) is 17.1. The highest BCUT2D eigenvalue weighted by molar-refractivity contribution is 9.10. The van der Waals surface area contributed by atoms with Crippen LogP contribution in [0.3, 0.4) is 0 Å². The Labute approximate surface area is 171 Å². The van der Waals surface area contributed by atoms with E-state index in [4.69, 9.17) is 4.74 Å². The first kappa shape index (κ1) is 19.8. The molecule has 0 aromatic heterocycles. The van der Waals surface area contributed by atoms with E-state index in [0.717, 1.165) is 14.9 Å². The van der Waals surface area contributed by atoms with E-state index < -0.39 is 17.8 Å². The number of nitrogens with zero attached hydrogens (tertiary/aromatic N) is 1. The lowest BCUT2D eigenvalue weighted by atomic mass is 10.0. The van der Waals surface area contributed by atoms with Gasteiger partial charge in [0.2, 0.25) is 0 Å². The van der Waals surface area contributed by atoms with Gasteiger partial charge >= 0.3 is 6.03 Å². The number of aryl methyl sites for hydroxylation is 1. The Morgan fingerprint density at radius 1 is 1.11 bits per heavy atom. The number of benzene rings is 2. The van der Waals surface area contributed by atoms with Crippen LogP contribution < -0.4 is 15.0 Å². The van der Waals surface area contributed by atoms with Gasteiger partial charge in [0.25, 0.3) is 11.8 Å². The Hall–Kier alpha value is -2.93. The molecule has 1 N–H and O–H groups in total. The molecule has 2 aromatic rings. The summed E-state index contributed by atoms with van der Waals surface area (Å²) in [5.74, 6) is -0.865. The van der Waals surface area contributed by atoms with E-state index in [1.165, 1.54) is 6.08 Å². The predicted octanol–water partition coefficient (Wildman–Crippen LogP) is 4.08. The quantitative estimate of drug-likeness (QED) is 0.559. The summed E-state index contributed by atoms with van der Waals surface area (Å²) in [6, 6.07) is 11.7. The van der Waals surface area contributed by atoms with Gasteiger partial charge in [0.05, 0.1) is 12.3 Å². The van der Waals surface area contributed by atoms with Crippen molar-refractivity contribution in [3.05, 3.63) is 63.6 Å². The van der Waals surface area contributed by atoms with Crippen LogP contribution in [-0.4, -0.2) is 24.5 Å². The number of hydrogen-bond acceptors (Lipinski definition) is 4. The molecular formula is C21H19BrN2O4. The molecule has 0 radical (unpaired) electrons. The fourth-order valence-corrected chi connectivity index (χ4v) is 3.36. The van der Waals surface area contributed by atoms with Crippen LogP contribution in [0.25, 0.3) is 6.08 Å². The van der Waals surface area contributed by atoms with Crippen LogP contribution in [0.1, 0.15) is 25.0 Å². The van der Waals surface area contributed by atoms with Gasteiger partial charge in [0.15, 0.2) is 0 Å². The van der Waals surface area contributed by atoms with Crippen molar-refractivity contribution in [1.29, 1.82) is 0 Å². The van der Waals surface area contributed by atoms with E-state index in [-0.39, 0.29) is 5.57 Å². The van der Waals surface area contributed by atoms with Crippen molar-refractivity contribution < 1.29 is 19.1 Å². The molecule has 7 heteroatoms. The normalized spacial score (nSPS) is 15.8. The highest BCUT2D eigenvalue weighted by Gasteiger charge is 2.37. The Morgan fingerprint density at radius 2 is 1.86 bits per heavy atom. The van der Waals surface area contributed by atoms with Crippen LogP contribution in [0.15, 0.2) is 52.5 Å². The highest BCUT2D eigenvalue weighted by atomic mass is 79.9. The van der Waals surface area contributed by atoms with Gasteiger partial charge in [-0.15, -0.1) is 0 Å². The van der Waals surface area contributed by atoms with Gasteiger partial charge in [0.1, 0.15) is 11.3 Å². The average Bonchev–Trinajstić information content (AvgIpc) is 2.67. The SMILES string of the molecule is CCOc1ccc(Br)cc1/C=C1/C(=O)NC(=O)N(c2ccccc2CC)C1=O. The molecule has 1 aliphatic rings. The van der Waals surface area contributed by atoms with E-state index in [1.807, 2.05) is 32.0 Å². The average molecular weight is 443 g/mol. The predicted molar refractivity (Wildman–Crippen MR) is 110 cm³/mol. The zero-order valence-electron chi connectivity index (χ0n) is 15.5. The second kappa shape index (κ2) is 8.39. The van der Waals surface area contributed by atoms with Gasteiger partial charge < -0.3 is 4.74 Å². The van der Waals surface area contributed by atoms with Crippen molar-refractivity contribution in [3.8, 4) is 5.75 Å². The molecule has 1 fully saturated rings. The van der Waals surface area contributed by atoms with Gasteiger partial charge in [-0.2, -0.15) is 0 Å². The molecule has 1 aliphatic heterocycles. The maximum atomic E-state index is 13.1. The molecule has 6 nitrogen and oxygen atoms in total. The third-order valence-corrected chi connectivity index (χ3v) is 4.78. The number of imide groups is 2. The first-order valence-corrected chi connectivity index (χ1v) is 9.67. The monoisotopic (exact) mass is 442 g/mol. The summed E-state index contributed by atoms with van der Waals surface area (Å²) in [6.07, 6.45) is 2.09. The Morgan fingerprint density at radius 3 is 2.57 bits per heavy atom. The van der Waals surface area contributed by atoms with Crippen molar-refractivity contribution in [1.82, 2.24) is 5.32 Å². The Bertz CT molecular complexity index is 984. The van der Waals surface area contributed by atoms with E-state index >= 15 is 0 Å². The topological polar surface area (TPSA) is 75.7 Å². The molecule has 0 atom stereocenters. The molecule has 0 bridgehead atoms. The molecule has 0 saturated carbocycles. The summed E-state index contributed by atoms with van der Waals surface area (Å²) in [5, 5.41) is 2.25. The third-order valence-electron chi connectivity index (χ3n) is 4.29. The molecular weight excluding hydrogens is 424 g/mol. The van der Waals surface area contributed by atoms with Crippen molar-refractivity contribution in [2.24, 2.45) is 0 Å². The Kier molecular flexibility index (Phi) is 5.94. The number of rotatable bonds is 5. The van der Waals surface area contributed by atoms with E-state index in [1.54, 1.807) is 24.3 Å². The van der Waals surface area contributed by atoms with Crippen LogP contribution in [0, 0.1) is 0 Å². The standard InChI is InChI=1S/C21H19BrN2O4/c1-3-13-7-5-6-8-17(13)24-20(26)16(19(25)23-21(24)27)12-14-11-15(22)9-10-18(14)28-4-2/h5-12H,3-4H2,1-2H3,(H,23,25,27)/b16-12-. The van der Waals surface area contributed by atoms with Gasteiger partial charge in [-0.1, -0.05) is 41.1 Å². The maximum absolute atomic E-state index is 13.1. The maximum Gasteiger partial charge on any atom is 0.335 e. The van der Waals surface area contributed by atoms with Crippen LogP contribution in [-0.2, 0) is 16.0 Å². The summed E-state index contributed by atoms with van der Waals surface area (Å²) >= 11 is 3.38.